The van der Waals surface area contributed by atoms with Crippen LogP contribution >= 0.6 is 23.7 Å². The molecule has 0 aliphatic carbocycles. The molecule has 1 atom stereocenters. The van der Waals surface area contributed by atoms with Crippen molar-refractivity contribution in [2.24, 2.45) is 5.10 Å². The molecule has 1 fully saturated rings. The lowest BCUT2D eigenvalue weighted by molar-refractivity contribution is -0.120. The van der Waals surface area contributed by atoms with E-state index < -0.39 is 0 Å². The van der Waals surface area contributed by atoms with Crippen LogP contribution < -0.4 is 0 Å². The fourth-order valence-electron chi connectivity index (χ4n) is 1.96. The normalized spacial score (nSPS) is 24.1. The Labute approximate surface area is 104 Å². The highest BCUT2D eigenvalue weighted by molar-refractivity contribution is 8.01. The molecule has 6 heteroatoms. The molecular formula is C10H15N3OS2. The van der Waals surface area contributed by atoms with Crippen LogP contribution in [-0.2, 0) is 4.79 Å². The van der Waals surface area contributed by atoms with Gasteiger partial charge in [-0.1, -0.05) is 0 Å². The zero-order valence-corrected chi connectivity index (χ0v) is 11.1. The summed E-state index contributed by atoms with van der Waals surface area (Å²) >= 11 is 3.04. The first-order chi connectivity index (χ1) is 7.77. The molecule has 0 aromatic carbocycles. The average molecular weight is 257 g/mol. The quantitative estimate of drug-likeness (QED) is 0.566. The molecule has 0 aromatic rings. The van der Waals surface area contributed by atoms with E-state index in [4.69, 9.17) is 0 Å². The number of amidine groups is 1. The molecule has 0 bridgehead atoms. The molecule has 0 spiro atoms. The maximum Gasteiger partial charge on any atom is 0.201 e. The van der Waals surface area contributed by atoms with Crippen LogP contribution in [0.25, 0.3) is 0 Å². The second-order valence-corrected chi connectivity index (χ2v) is 5.10. The van der Waals surface area contributed by atoms with Gasteiger partial charge in [-0.25, -0.2) is 4.41 Å². The Balaban J connectivity index is 2.13. The fraction of sp³-hybridized carbons (Fsp3) is 0.600. The summed E-state index contributed by atoms with van der Waals surface area (Å²) in [5.74, 6) is 1.18. The third-order valence-electron chi connectivity index (χ3n) is 2.66. The van der Waals surface area contributed by atoms with Crippen LogP contribution in [0.4, 0.5) is 0 Å². The van der Waals surface area contributed by atoms with Crippen molar-refractivity contribution in [3.63, 3.8) is 0 Å². The van der Waals surface area contributed by atoms with Gasteiger partial charge in [-0.2, -0.15) is 5.10 Å². The average Bonchev–Trinajstić information content (AvgIpc) is 2.84. The van der Waals surface area contributed by atoms with Gasteiger partial charge in [0.2, 0.25) is 5.78 Å². The summed E-state index contributed by atoms with van der Waals surface area (Å²) in [4.78, 5) is 14.2. The number of thioether (sulfide) groups is 1. The van der Waals surface area contributed by atoms with Crippen LogP contribution in [0.1, 0.15) is 12.8 Å². The monoisotopic (exact) mass is 257 g/mol. The SMILES string of the molecule is CSC=CC(=O)C1N(SC)N=C2CCCN21. The van der Waals surface area contributed by atoms with Gasteiger partial charge in [-0.05, 0) is 36.1 Å². The third-order valence-corrected chi connectivity index (χ3v) is 3.72. The van der Waals surface area contributed by atoms with Gasteiger partial charge in [0.25, 0.3) is 0 Å². The molecule has 4 nitrogen and oxygen atoms in total. The highest BCUT2D eigenvalue weighted by Crippen LogP contribution is 2.29. The van der Waals surface area contributed by atoms with Gasteiger partial charge in [0.15, 0.2) is 6.17 Å². The molecule has 16 heavy (non-hydrogen) atoms. The van der Waals surface area contributed by atoms with Gasteiger partial charge in [0.1, 0.15) is 5.84 Å². The minimum Gasteiger partial charge on any atom is -0.330 e. The number of hydrazone groups is 1. The smallest absolute Gasteiger partial charge is 0.201 e. The van der Waals surface area contributed by atoms with Crippen LogP contribution in [0.2, 0.25) is 0 Å². The number of ketones is 1. The van der Waals surface area contributed by atoms with E-state index in [0.717, 1.165) is 25.2 Å². The van der Waals surface area contributed by atoms with Gasteiger partial charge in [-0.3, -0.25) is 4.79 Å². The van der Waals surface area contributed by atoms with Gasteiger partial charge in [0.05, 0.1) is 0 Å². The first kappa shape index (κ1) is 11.9. The van der Waals surface area contributed by atoms with E-state index >= 15 is 0 Å². The number of nitrogens with zero attached hydrogens (tertiary/aromatic N) is 3. The Bertz CT molecular complexity index is 343. The van der Waals surface area contributed by atoms with Crippen molar-refractivity contribution in [2.45, 2.75) is 19.0 Å². The summed E-state index contributed by atoms with van der Waals surface area (Å²) in [7, 11) is 0. The van der Waals surface area contributed by atoms with E-state index in [9.17, 15) is 4.79 Å². The molecule has 2 rings (SSSR count). The summed E-state index contributed by atoms with van der Waals surface area (Å²) in [6, 6.07) is 0. The van der Waals surface area contributed by atoms with E-state index in [-0.39, 0.29) is 11.9 Å². The van der Waals surface area contributed by atoms with Crippen LogP contribution in [0.5, 0.6) is 0 Å². The first-order valence-corrected chi connectivity index (χ1v) is 7.65. The van der Waals surface area contributed by atoms with E-state index in [1.54, 1.807) is 17.8 Å². The fourth-order valence-corrected chi connectivity index (χ4v) is 2.83. The molecule has 0 saturated carbocycles. The van der Waals surface area contributed by atoms with Crippen molar-refractivity contribution in [3.05, 3.63) is 11.5 Å². The van der Waals surface area contributed by atoms with Crippen molar-refractivity contribution in [3.8, 4) is 0 Å². The molecule has 0 radical (unpaired) electrons. The summed E-state index contributed by atoms with van der Waals surface area (Å²) in [6.45, 7) is 0.944. The van der Waals surface area contributed by atoms with Crippen molar-refractivity contribution < 1.29 is 4.79 Å². The summed E-state index contributed by atoms with van der Waals surface area (Å²) in [5.41, 5.74) is 0. The van der Waals surface area contributed by atoms with E-state index in [0.29, 0.717) is 0 Å². The number of hydrogen-bond donors (Lipinski definition) is 0. The predicted molar refractivity (Wildman–Crippen MR) is 70.2 cm³/mol. The van der Waals surface area contributed by atoms with E-state index in [1.807, 2.05) is 22.3 Å². The second-order valence-electron chi connectivity index (χ2n) is 3.61. The zero-order valence-electron chi connectivity index (χ0n) is 9.42. The molecule has 1 unspecified atom stereocenters. The van der Waals surface area contributed by atoms with Gasteiger partial charge >= 0.3 is 0 Å². The summed E-state index contributed by atoms with van der Waals surface area (Å²) < 4.78 is 1.81. The van der Waals surface area contributed by atoms with E-state index in [1.165, 1.54) is 11.9 Å². The lowest BCUT2D eigenvalue weighted by atomic mass is 10.3. The molecule has 1 saturated heterocycles. The standard InChI is InChI=1S/C10H15N3OS2/c1-15-7-5-8(14)10-12-6-3-4-9(12)11-13(10)16-2/h5,7,10H,3-4,6H2,1-2H3. The topological polar surface area (TPSA) is 35.9 Å². The summed E-state index contributed by atoms with van der Waals surface area (Å²) in [6.07, 6.45) is 7.42. The molecule has 0 N–H and O–H groups in total. The zero-order chi connectivity index (χ0) is 11.5. The van der Waals surface area contributed by atoms with Crippen LogP contribution in [-0.4, -0.2) is 46.2 Å². The lowest BCUT2D eigenvalue weighted by Gasteiger charge is -2.25. The minimum absolute atomic E-state index is 0.115. The summed E-state index contributed by atoms with van der Waals surface area (Å²) in [5, 5.41) is 6.28. The Morgan fingerprint density at radius 2 is 2.38 bits per heavy atom. The maximum absolute atomic E-state index is 12.0. The highest BCUT2D eigenvalue weighted by atomic mass is 32.2. The van der Waals surface area contributed by atoms with Crippen molar-refractivity contribution in [1.82, 2.24) is 9.31 Å². The van der Waals surface area contributed by atoms with Crippen LogP contribution in [0, 0.1) is 0 Å². The molecule has 0 aromatic heterocycles. The van der Waals surface area contributed by atoms with Gasteiger partial charge < -0.3 is 4.90 Å². The maximum atomic E-state index is 12.0. The molecule has 2 aliphatic rings. The van der Waals surface area contributed by atoms with Gasteiger partial charge in [0, 0.05) is 19.2 Å². The second kappa shape index (κ2) is 5.14. The Hall–Kier alpha value is -0.620. The number of rotatable bonds is 4. The molecule has 2 heterocycles. The number of carbonyl (C=O) groups is 1. The predicted octanol–water partition coefficient (Wildman–Crippen LogP) is 1.76. The number of carbonyl (C=O) groups excluding carboxylic acids is 1. The Morgan fingerprint density at radius 3 is 3.06 bits per heavy atom. The molecular weight excluding hydrogens is 242 g/mol. The lowest BCUT2D eigenvalue weighted by Crippen LogP contribution is -2.42. The Kier molecular flexibility index (Phi) is 3.81. The van der Waals surface area contributed by atoms with Crippen molar-refractivity contribution in [1.29, 1.82) is 0 Å². The minimum atomic E-state index is -0.226. The Morgan fingerprint density at radius 1 is 1.56 bits per heavy atom. The molecule has 88 valence electrons. The van der Waals surface area contributed by atoms with Crippen LogP contribution in [0.3, 0.4) is 0 Å². The highest BCUT2D eigenvalue weighted by Gasteiger charge is 2.40. The molecule has 2 aliphatic heterocycles. The van der Waals surface area contributed by atoms with Crippen LogP contribution in [0.15, 0.2) is 16.6 Å². The van der Waals surface area contributed by atoms with Gasteiger partial charge in [-0.15, -0.1) is 11.8 Å². The largest absolute Gasteiger partial charge is 0.330 e. The molecule has 0 amide bonds. The number of fused-ring (bicyclic) bond motifs is 1. The third kappa shape index (κ3) is 2.08. The van der Waals surface area contributed by atoms with Crippen molar-refractivity contribution in [2.75, 3.05) is 19.1 Å². The van der Waals surface area contributed by atoms with Crippen molar-refractivity contribution >= 4 is 35.3 Å². The first-order valence-electron chi connectivity index (χ1n) is 5.18. The number of hydrogen-bond acceptors (Lipinski definition) is 6. The van der Waals surface area contributed by atoms with E-state index in [2.05, 4.69) is 10.0 Å².